The van der Waals surface area contributed by atoms with Crippen LogP contribution in [0.1, 0.15) is 0 Å². The van der Waals surface area contributed by atoms with Crippen LogP contribution < -0.4 is 0 Å². The van der Waals surface area contributed by atoms with Crippen LogP contribution in [0.3, 0.4) is 0 Å². The van der Waals surface area contributed by atoms with Gasteiger partial charge in [0.2, 0.25) is 6.08 Å². The molecule has 8 heavy (non-hydrogen) atoms. The normalized spacial score (nSPS) is 8.00. The molecule has 1 heterocycles. The highest BCUT2D eigenvalue weighted by atomic mass is 16.1. The van der Waals surface area contributed by atoms with Crippen molar-refractivity contribution in [3.05, 3.63) is 18.3 Å². The third-order valence-electron chi connectivity index (χ3n) is 0.748. The van der Waals surface area contributed by atoms with Crippen molar-refractivity contribution in [1.29, 1.82) is 0 Å². The van der Waals surface area contributed by atoms with E-state index in [4.69, 9.17) is 0 Å². The van der Waals surface area contributed by atoms with Gasteiger partial charge in [0.25, 0.3) is 0 Å². The second-order valence-corrected chi connectivity index (χ2v) is 1.26. The first-order chi connectivity index (χ1) is 3.93. The van der Waals surface area contributed by atoms with Crippen LogP contribution in [0, 0.1) is 0 Å². The van der Waals surface area contributed by atoms with Gasteiger partial charge in [0.05, 0.1) is 0 Å². The van der Waals surface area contributed by atoms with Gasteiger partial charge in [0.15, 0.2) is 0 Å². The molecule has 1 aromatic heterocycles. The summed E-state index contributed by atoms with van der Waals surface area (Å²) in [6.07, 6.45) is 3.10. The lowest BCUT2D eigenvalue weighted by molar-refractivity contribution is 0.565. The number of aliphatic imine (C=N–C) groups is 1. The van der Waals surface area contributed by atoms with E-state index in [0.717, 1.165) is 0 Å². The molecule has 0 radical (unpaired) electrons. The number of hydrogen-bond acceptors (Lipinski definition) is 2. The van der Waals surface area contributed by atoms with Gasteiger partial charge in [-0.3, -0.25) is 0 Å². The first-order valence-corrected chi connectivity index (χ1v) is 2.15. The van der Waals surface area contributed by atoms with E-state index in [1.807, 2.05) is 0 Å². The minimum Gasteiger partial charge on any atom is -0.346 e. The Hall–Kier alpha value is -1.34. The second-order valence-electron chi connectivity index (χ2n) is 1.26. The van der Waals surface area contributed by atoms with Crippen molar-refractivity contribution in [3.63, 3.8) is 0 Å². The van der Waals surface area contributed by atoms with Crippen LogP contribution >= 0.6 is 0 Å². The van der Waals surface area contributed by atoms with Crippen LogP contribution in [-0.2, 0) is 4.79 Å². The third-order valence-corrected chi connectivity index (χ3v) is 0.748. The van der Waals surface area contributed by atoms with Crippen LogP contribution in [0.15, 0.2) is 23.3 Å². The maximum Gasteiger partial charge on any atom is 0.242 e. The molecule has 0 saturated heterocycles. The fourth-order valence-corrected chi connectivity index (χ4v) is 0.440. The Balaban J connectivity index is 2.93. The zero-order valence-electron chi connectivity index (χ0n) is 4.09. The summed E-state index contributed by atoms with van der Waals surface area (Å²) in [6, 6.07) is 3.45. The number of isocyanates is 1. The molecule has 40 valence electrons. The molecule has 0 aromatic carbocycles. The molecule has 0 atom stereocenters. The largest absolute Gasteiger partial charge is 0.346 e. The molecule has 0 aliphatic heterocycles. The molecule has 1 rings (SSSR count). The van der Waals surface area contributed by atoms with Gasteiger partial charge in [-0.2, -0.15) is 0 Å². The maximum absolute atomic E-state index is 9.56. The van der Waals surface area contributed by atoms with Gasteiger partial charge in [-0.15, -0.1) is 4.99 Å². The molecular formula is C5H4N2O. The number of aromatic nitrogens is 1. The Labute approximate surface area is 46.1 Å². The highest BCUT2D eigenvalue weighted by molar-refractivity contribution is 5.43. The molecule has 0 spiro atoms. The third kappa shape index (κ3) is 0.832. The van der Waals surface area contributed by atoms with E-state index in [1.54, 1.807) is 18.3 Å². The van der Waals surface area contributed by atoms with Gasteiger partial charge in [-0.25, -0.2) is 4.79 Å². The number of aromatic amines is 1. The maximum atomic E-state index is 9.56. The van der Waals surface area contributed by atoms with Crippen molar-refractivity contribution in [2.75, 3.05) is 0 Å². The fraction of sp³-hybridized carbons (Fsp3) is 0. The Morgan fingerprint density at radius 2 is 2.62 bits per heavy atom. The molecular weight excluding hydrogens is 104 g/mol. The van der Waals surface area contributed by atoms with Crippen LogP contribution in [0.25, 0.3) is 0 Å². The van der Waals surface area contributed by atoms with Crippen molar-refractivity contribution in [2.45, 2.75) is 0 Å². The molecule has 0 aliphatic carbocycles. The number of rotatable bonds is 1. The Bertz CT molecular complexity index is 196. The minimum atomic E-state index is 0.542. The van der Waals surface area contributed by atoms with Crippen LogP contribution in [0.5, 0.6) is 0 Å². The van der Waals surface area contributed by atoms with Crippen molar-refractivity contribution >= 4 is 11.9 Å². The molecule has 1 N–H and O–H groups in total. The summed E-state index contributed by atoms with van der Waals surface area (Å²) in [4.78, 5) is 15.6. The lowest BCUT2D eigenvalue weighted by Gasteiger charge is -1.72. The fourth-order valence-electron chi connectivity index (χ4n) is 0.440. The summed E-state index contributed by atoms with van der Waals surface area (Å²) in [7, 11) is 0. The summed E-state index contributed by atoms with van der Waals surface area (Å²) < 4.78 is 0. The number of H-pyrrole nitrogens is 1. The highest BCUT2D eigenvalue weighted by Gasteiger charge is 1.81. The van der Waals surface area contributed by atoms with Crippen LogP contribution in [-0.4, -0.2) is 11.1 Å². The Kier molecular flexibility index (Phi) is 1.26. The SMILES string of the molecule is O=C=Nc1ccc[nH]1. The van der Waals surface area contributed by atoms with Gasteiger partial charge in [0.1, 0.15) is 5.82 Å². The smallest absolute Gasteiger partial charge is 0.242 e. The molecule has 0 unspecified atom stereocenters. The zero-order chi connectivity index (χ0) is 5.82. The van der Waals surface area contributed by atoms with E-state index in [9.17, 15) is 4.79 Å². The molecule has 0 aliphatic rings. The predicted octanol–water partition coefficient (Wildman–Crippen LogP) is 0.982. The standard InChI is InChI=1S/C5H4N2O/c8-4-7-5-2-1-3-6-5/h1-3,6H. The van der Waals surface area contributed by atoms with Gasteiger partial charge >= 0.3 is 0 Å². The Morgan fingerprint density at radius 1 is 1.75 bits per heavy atom. The first-order valence-electron chi connectivity index (χ1n) is 2.15. The molecule has 3 heteroatoms. The molecule has 3 nitrogen and oxygen atoms in total. The van der Waals surface area contributed by atoms with Crippen LogP contribution in [0.2, 0.25) is 0 Å². The summed E-state index contributed by atoms with van der Waals surface area (Å²) >= 11 is 0. The van der Waals surface area contributed by atoms with E-state index in [2.05, 4.69) is 9.98 Å². The minimum absolute atomic E-state index is 0.542. The van der Waals surface area contributed by atoms with Gasteiger partial charge in [-0.1, -0.05) is 0 Å². The van der Waals surface area contributed by atoms with Crippen molar-refractivity contribution < 1.29 is 4.79 Å². The number of nitrogens with one attached hydrogen (secondary N) is 1. The monoisotopic (exact) mass is 108 g/mol. The van der Waals surface area contributed by atoms with Crippen molar-refractivity contribution in [1.82, 2.24) is 4.98 Å². The topological polar surface area (TPSA) is 45.2 Å². The van der Waals surface area contributed by atoms with Crippen molar-refractivity contribution in [2.24, 2.45) is 4.99 Å². The average molecular weight is 108 g/mol. The predicted molar refractivity (Wildman–Crippen MR) is 28.6 cm³/mol. The first kappa shape index (κ1) is 4.81. The number of nitrogens with zero attached hydrogens (tertiary/aromatic N) is 1. The van der Waals surface area contributed by atoms with Crippen molar-refractivity contribution in [3.8, 4) is 0 Å². The van der Waals surface area contributed by atoms with Gasteiger partial charge in [0, 0.05) is 6.20 Å². The molecule has 0 fully saturated rings. The molecule has 0 amide bonds. The molecule has 1 aromatic rings. The van der Waals surface area contributed by atoms with Crippen LogP contribution in [0.4, 0.5) is 5.82 Å². The number of hydrogen-bond donors (Lipinski definition) is 1. The molecule has 0 bridgehead atoms. The zero-order valence-corrected chi connectivity index (χ0v) is 4.09. The Morgan fingerprint density at radius 3 is 3.12 bits per heavy atom. The summed E-state index contributed by atoms with van der Waals surface area (Å²) in [5.41, 5.74) is 0. The molecule has 0 saturated carbocycles. The summed E-state index contributed by atoms with van der Waals surface area (Å²) in [5.74, 6) is 0.542. The van der Waals surface area contributed by atoms with E-state index < -0.39 is 0 Å². The van der Waals surface area contributed by atoms with E-state index in [1.165, 1.54) is 6.08 Å². The lowest BCUT2D eigenvalue weighted by atomic mass is 10.6. The van der Waals surface area contributed by atoms with E-state index in [0.29, 0.717) is 5.82 Å². The highest BCUT2D eigenvalue weighted by Crippen LogP contribution is 2.02. The second kappa shape index (κ2) is 2.09. The van der Waals surface area contributed by atoms with Gasteiger partial charge < -0.3 is 4.98 Å². The van der Waals surface area contributed by atoms with Gasteiger partial charge in [-0.05, 0) is 12.1 Å². The van der Waals surface area contributed by atoms with E-state index in [-0.39, 0.29) is 0 Å². The summed E-state index contributed by atoms with van der Waals surface area (Å²) in [5, 5.41) is 0. The quantitative estimate of drug-likeness (QED) is 0.423. The lowest BCUT2D eigenvalue weighted by Crippen LogP contribution is -1.55. The number of carbonyl (C=O) groups excluding carboxylic acids is 1. The summed E-state index contributed by atoms with van der Waals surface area (Å²) in [6.45, 7) is 0. The average Bonchev–Trinajstić information content (AvgIpc) is 2.19. The van der Waals surface area contributed by atoms with E-state index >= 15 is 0 Å².